The number of benzene rings is 2. The van der Waals surface area contributed by atoms with Gasteiger partial charge in [0.25, 0.3) is 0 Å². The number of carboxylic acid groups (broad SMARTS) is 1. The summed E-state index contributed by atoms with van der Waals surface area (Å²) in [7, 11) is 1.74. The lowest BCUT2D eigenvalue weighted by molar-refractivity contribution is 0.0697. The largest absolute Gasteiger partial charge is 0.478 e. The van der Waals surface area contributed by atoms with Gasteiger partial charge < -0.3 is 15.0 Å². The number of carbonyl (C=O) groups is 1. The maximum absolute atomic E-state index is 14.3. The van der Waals surface area contributed by atoms with Gasteiger partial charge in [0.15, 0.2) is 0 Å². The van der Waals surface area contributed by atoms with Gasteiger partial charge in [-0.2, -0.15) is 0 Å². The summed E-state index contributed by atoms with van der Waals surface area (Å²) in [4.78, 5) is 11.4. The number of aromatic carboxylic acids is 1. The first-order valence-electron chi connectivity index (χ1n) is 8.53. The molecule has 0 saturated carbocycles. The van der Waals surface area contributed by atoms with E-state index in [1.807, 2.05) is 6.92 Å². The summed E-state index contributed by atoms with van der Waals surface area (Å²) in [6.07, 6.45) is 1.47. The fourth-order valence-electron chi connectivity index (χ4n) is 3.23. The summed E-state index contributed by atoms with van der Waals surface area (Å²) in [6, 6.07) is 10.8. The van der Waals surface area contributed by atoms with Gasteiger partial charge >= 0.3 is 5.97 Å². The highest BCUT2D eigenvalue weighted by molar-refractivity contribution is 6.02. The second kappa shape index (κ2) is 7.72. The number of rotatable bonds is 6. The summed E-state index contributed by atoms with van der Waals surface area (Å²) in [5, 5.41) is 12.9. The number of hydrogen-bond acceptors (Lipinski definition) is 2. The topological polar surface area (TPSA) is 54.3 Å². The van der Waals surface area contributed by atoms with Crippen LogP contribution in [0.2, 0.25) is 0 Å². The lowest BCUT2D eigenvalue weighted by atomic mass is 10.0. The number of nitrogens with one attached hydrogen (secondary N) is 1. The number of allylic oxidation sites excluding steroid dienone is 1. The molecule has 0 saturated heterocycles. The summed E-state index contributed by atoms with van der Waals surface area (Å²) >= 11 is 0. The van der Waals surface area contributed by atoms with Gasteiger partial charge in [-0.15, -0.1) is 0 Å². The van der Waals surface area contributed by atoms with Crippen molar-refractivity contribution < 1.29 is 18.7 Å². The van der Waals surface area contributed by atoms with Crippen molar-refractivity contribution in [3.63, 3.8) is 0 Å². The molecular weight excluding hydrogens is 350 g/mol. The van der Waals surface area contributed by atoms with E-state index in [0.29, 0.717) is 11.9 Å². The van der Waals surface area contributed by atoms with E-state index in [4.69, 9.17) is 0 Å². The normalized spacial score (nSPS) is 11.9. The third-order valence-electron chi connectivity index (χ3n) is 4.54. The summed E-state index contributed by atoms with van der Waals surface area (Å²) in [5.74, 6) is -1.68. The molecule has 2 aromatic carbocycles. The molecule has 0 amide bonds. The second-order valence-electron chi connectivity index (χ2n) is 6.30. The van der Waals surface area contributed by atoms with Crippen LogP contribution in [0, 0.1) is 12.7 Å². The Balaban J connectivity index is 2.23. The van der Waals surface area contributed by atoms with E-state index in [-0.39, 0.29) is 23.8 Å². The Morgan fingerprint density at radius 3 is 2.56 bits per heavy atom. The molecule has 0 bridgehead atoms. The lowest BCUT2D eigenvalue weighted by Gasteiger charge is -2.08. The van der Waals surface area contributed by atoms with Crippen molar-refractivity contribution in [2.45, 2.75) is 13.5 Å². The van der Waals surface area contributed by atoms with Crippen molar-refractivity contribution >= 4 is 16.9 Å². The van der Waals surface area contributed by atoms with Gasteiger partial charge in [-0.05, 0) is 55.9 Å². The second-order valence-corrected chi connectivity index (χ2v) is 6.30. The smallest absolute Gasteiger partial charge is 0.335 e. The molecule has 0 fully saturated rings. The fourth-order valence-corrected chi connectivity index (χ4v) is 3.23. The number of likely N-dealkylation sites (N-methyl/N-ethyl adjacent to an activating group) is 1. The fraction of sp³-hybridized carbons (Fsp3) is 0.190. The molecule has 1 heterocycles. The monoisotopic (exact) mass is 370 g/mol. The Hall–Kier alpha value is -2.99. The van der Waals surface area contributed by atoms with Gasteiger partial charge in [0, 0.05) is 28.7 Å². The van der Waals surface area contributed by atoms with Crippen LogP contribution >= 0.6 is 0 Å². The van der Waals surface area contributed by atoms with Crippen molar-refractivity contribution in [1.29, 1.82) is 0 Å². The van der Waals surface area contributed by atoms with Crippen LogP contribution in [0.15, 0.2) is 54.4 Å². The molecule has 0 aliphatic rings. The molecule has 1 aromatic heterocycles. The van der Waals surface area contributed by atoms with Crippen LogP contribution in [0.4, 0.5) is 8.78 Å². The first kappa shape index (κ1) is 18.8. The highest BCUT2D eigenvalue weighted by atomic mass is 19.1. The van der Waals surface area contributed by atoms with Crippen LogP contribution in [-0.4, -0.2) is 29.2 Å². The summed E-state index contributed by atoms with van der Waals surface area (Å²) in [5.41, 5.74) is 3.18. The van der Waals surface area contributed by atoms with E-state index < -0.39 is 5.97 Å². The van der Waals surface area contributed by atoms with Crippen LogP contribution in [0.5, 0.6) is 0 Å². The van der Waals surface area contributed by atoms with Crippen LogP contribution in [0.3, 0.4) is 0 Å². The molecule has 140 valence electrons. The highest BCUT2D eigenvalue weighted by Gasteiger charge is 2.18. The molecule has 0 aliphatic heterocycles. The minimum atomic E-state index is -1.03. The zero-order chi connectivity index (χ0) is 19.6. The van der Waals surface area contributed by atoms with E-state index in [2.05, 4.69) is 5.32 Å². The Morgan fingerprint density at radius 1 is 1.22 bits per heavy atom. The first-order valence-corrected chi connectivity index (χ1v) is 8.53. The molecule has 3 rings (SSSR count). The molecule has 0 aliphatic carbocycles. The quantitative estimate of drug-likeness (QED) is 0.670. The molecule has 6 heteroatoms. The van der Waals surface area contributed by atoms with Crippen molar-refractivity contribution in [2.24, 2.45) is 0 Å². The Labute approximate surface area is 155 Å². The molecule has 4 nitrogen and oxygen atoms in total. The summed E-state index contributed by atoms with van der Waals surface area (Å²) < 4.78 is 29.5. The number of hydrogen-bond donors (Lipinski definition) is 2. The number of halogens is 2. The third kappa shape index (κ3) is 3.75. The molecule has 27 heavy (non-hydrogen) atoms. The van der Waals surface area contributed by atoms with Crippen molar-refractivity contribution in [3.05, 3.63) is 71.4 Å². The zero-order valence-corrected chi connectivity index (χ0v) is 15.1. The van der Waals surface area contributed by atoms with Crippen LogP contribution in [-0.2, 0) is 6.54 Å². The minimum absolute atomic E-state index is 0.0393. The lowest BCUT2D eigenvalue weighted by Crippen LogP contribution is -2.07. The SMILES string of the molecule is CNC/C=C(\F)Cn1c(C)c(-c2ccc(F)cc2)c2cc(C(=O)O)ccc21. The molecule has 0 unspecified atom stereocenters. The van der Waals surface area contributed by atoms with Gasteiger partial charge in [0.2, 0.25) is 0 Å². The average molecular weight is 370 g/mol. The van der Waals surface area contributed by atoms with Crippen LogP contribution in [0.25, 0.3) is 22.0 Å². The van der Waals surface area contributed by atoms with Gasteiger partial charge in [-0.25, -0.2) is 13.6 Å². The molecular formula is C21H20F2N2O2. The van der Waals surface area contributed by atoms with Crippen LogP contribution in [0.1, 0.15) is 16.1 Å². The van der Waals surface area contributed by atoms with E-state index in [9.17, 15) is 18.7 Å². The molecule has 2 N–H and O–H groups in total. The molecule has 3 aromatic rings. The first-order chi connectivity index (χ1) is 12.9. The van der Waals surface area contributed by atoms with Crippen molar-refractivity contribution in [2.75, 3.05) is 13.6 Å². The van der Waals surface area contributed by atoms with Gasteiger partial charge in [-0.3, -0.25) is 0 Å². The number of aromatic nitrogens is 1. The standard InChI is InChI=1S/C21H20F2N2O2/c1-13-20(14-3-6-16(22)7-4-14)18-11-15(21(26)27)5-8-19(18)25(13)12-17(23)9-10-24-2/h3-9,11,24H,10,12H2,1-2H3,(H,26,27)/b17-9-. The Kier molecular flexibility index (Phi) is 5.37. The van der Waals surface area contributed by atoms with Crippen molar-refractivity contribution in [3.8, 4) is 11.1 Å². The predicted molar refractivity (Wildman–Crippen MR) is 102 cm³/mol. The van der Waals surface area contributed by atoms with Crippen molar-refractivity contribution in [1.82, 2.24) is 9.88 Å². The van der Waals surface area contributed by atoms with Gasteiger partial charge in [0.1, 0.15) is 11.6 Å². The van der Waals surface area contributed by atoms with E-state index in [1.54, 1.807) is 35.9 Å². The van der Waals surface area contributed by atoms with E-state index in [1.165, 1.54) is 24.3 Å². The van der Waals surface area contributed by atoms with E-state index >= 15 is 0 Å². The molecule has 0 radical (unpaired) electrons. The van der Waals surface area contributed by atoms with Crippen LogP contribution < -0.4 is 5.32 Å². The maximum Gasteiger partial charge on any atom is 0.335 e. The molecule has 0 atom stereocenters. The predicted octanol–water partition coefficient (Wildman–Crippen LogP) is 4.53. The Morgan fingerprint density at radius 2 is 1.93 bits per heavy atom. The third-order valence-corrected chi connectivity index (χ3v) is 4.54. The Bertz CT molecular complexity index is 1020. The zero-order valence-electron chi connectivity index (χ0n) is 15.1. The molecule has 0 spiro atoms. The minimum Gasteiger partial charge on any atom is -0.478 e. The van der Waals surface area contributed by atoms with Gasteiger partial charge in [-0.1, -0.05) is 12.1 Å². The number of carboxylic acids is 1. The van der Waals surface area contributed by atoms with Gasteiger partial charge in [0.05, 0.1) is 12.1 Å². The summed E-state index contributed by atoms with van der Waals surface area (Å²) in [6.45, 7) is 2.31. The maximum atomic E-state index is 14.3. The number of nitrogens with zero attached hydrogens (tertiary/aromatic N) is 1. The highest BCUT2D eigenvalue weighted by Crippen LogP contribution is 2.36. The number of fused-ring (bicyclic) bond motifs is 1. The van der Waals surface area contributed by atoms with E-state index in [0.717, 1.165) is 22.3 Å². The average Bonchev–Trinajstić information content (AvgIpc) is 2.92.